The number of H-pyrrole nitrogens is 1. The summed E-state index contributed by atoms with van der Waals surface area (Å²) in [5, 5.41) is 0. The Morgan fingerprint density at radius 1 is 1.14 bits per heavy atom. The Kier molecular flexibility index (Phi) is 5.47. The molecule has 0 unspecified atom stereocenters. The number of halogens is 2. The van der Waals surface area contributed by atoms with Crippen molar-refractivity contribution in [1.82, 2.24) is 9.66 Å². The molecule has 2 rings (SSSR count). The van der Waals surface area contributed by atoms with Gasteiger partial charge in [0.15, 0.2) is 0 Å². The van der Waals surface area contributed by atoms with Crippen LogP contribution in [0.4, 0.5) is 8.78 Å². The molecule has 0 saturated heterocycles. The molecular weight excluding hydrogens is 288 g/mol. The lowest BCUT2D eigenvalue weighted by molar-refractivity contribution is 0.0583. The molecule has 0 aromatic carbocycles. The van der Waals surface area contributed by atoms with E-state index in [0.29, 0.717) is 0 Å². The molecule has 0 spiro atoms. The molecule has 2 aromatic heterocycles. The Morgan fingerprint density at radius 3 is 2.14 bits per heavy atom. The smallest absolute Gasteiger partial charge is 0.356 e. The van der Waals surface area contributed by atoms with Crippen LogP contribution in [-0.4, -0.2) is 35.8 Å². The fourth-order valence-corrected chi connectivity index (χ4v) is 1.31. The van der Waals surface area contributed by atoms with Gasteiger partial charge < -0.3 is 20.3 Å². The molecule has 7 nitrogen and oxygen atoms in total. The standard InChI is InChI=1S/C6H7FN2O2.C6H6FNO2/c1-11-6(10)5-2-4(7)3-9(5)8;1-10-6(9)5-2-4(7)3-8-5/h2-3H,8H2,1H3;2-3,8H,1H3. The zero-order valence-corrected chi connectivity index (χ0v) is 11.2. The number of rotatable bonds is 2. The van der Waals surface area contributed by atoms with E-state index in [2.05, 4.69) is 14.5 Å². The van der Waals surface area contributed by atoms with E-state index < -0.39 is 23.6 Å². The Balaban J connectivity index is 0.000000211. The van der Waals surface area contributed by atoms with Gasteiger partial charge in [-0.25, -0.2) is 18.4 Å². The first-order chi connectivity index (χ1) is 9.88. The molecule has 0 aliphatic rings. The van der Waals surface area contributed by atoms with Crippen LogP contribution in [0.25, 0.3) is 0 Å². The highest BCUT2D eigenvalue weighted by Gasteiger charge is 2.11. The molecule has 0 aliphatic carbocycles. The second-order valence-electron chi connectivity index (χ2n) is 3.67. The molecule has 0 saturated carbocycles. The van der Waals surface area contributed by atoms with Gasteiger partial charge in [0.2, 0.25) is 0 Å². The lowest BCUT2D eigenvalue weighted by Gasteiger charge is -1.98. The van der Waals surface area contributed by atoms with E-state index in [-0.39, 0.29) is 11.4 Å². The Bertz CT molecular complexity index is 636. The summed E-state index contributed by atoms with van der Waals surface area (Å²) in [5.74, 6) is 2.94. The van der Waals surface area contributed by atoms with E-state index in [1.165, 1.54) is 14.2 Å². The predicted octanol–water partition coefficient (Wildman–Crippen LogP) is 1.07. The maximum Gasteiger partial charge on any atom is 0.356 e. The van der Waals surface area contributed by atoms with Gasteiger partial charge >= 0.3 is 11.9 Å². The Labute approximate surface area is 118 Å². The van der Waals surface area contributed by atoms with Crippen LogP contribution in [0.5, 0.6) is 0 Å². The van der Waals surface area contributed by atoms with Crippen molar-refractivity contribution in [3.63, 3.8) is 0 Å². The Morgan fingerprint density at radius 2 is 1.76 bits per heavy atom. The van der Waals surface area contributed by atoms with Gasteiger partial charge in [-0.2, -0.15) is 0 Å². The topological polar surface area (TPSA) is 99.3 Å². The number of hydrogen-bond acceptors (Lipinski definition) is 5. The third-order valence-corrected chi connectivity index (χ3v) is 2.26. The Hall–Kier alpha value is -2.84. The minimum absolute atomic E-state index is 0.00926. The number of nitrogens with zero attached hydrogens (tertiary/aromatic N) is 1. The van der Waals surface area contributed by atoms with Gasteiger partial charge in [0, 0.05) is 18.3 Å². The third kappa shape index (κ3) is 4.34. The largest absolute Gasteiger partial charge is 0.464 e. The van der Waals surface area contributed by atoms with Crippen LogP contribution in [0.2, 0.25) is 0 Å². The van der Waals surface area contributed by atoms with Gasteiger partial charge in [0.25, 0.3) is 0 Å². The van der Waals surface area contributed by atoms with Gasteiger partial charge in [-0.1, -0.05) is 0 Å². The summed E-state index contributed by atoms with van der Waals surface area (Å²) >= 11 is 0. The molecule has 3 N–H and O–H groups in total. The molecule has 9 heteroatoms. The van der Waals surface area contributed by atoms with Gasteiger partial charge in [0.05, 0.1) is 20.4 Å². The predicted molar refractivity (Wildman–Crippen MR) is 68.0 cm³/mol. The molecule has 0 amide bonds. The van der Waals surface area contributed by atoms with Gasteiger partial charge in [-0.3, -0.25) is 4.68 Å². The van der Waals surface area contributed by atoms with Gasteiger partial charge in [-0.05, 0) is 0 Å². The number of nitrogens with one attached hydrogen (secondary N) is 1. The van der Waals surface area contributed by atoms with Crippen LogP contribution in [0.15, 0.2) is 24.5 Å². The van der Waals surface area contributed by atoms with Crippen molar-refractivity contribution in [2.45, 2.75) is 0 Å². The van der Waals surface area contributed by atoms with E-state index in [1.54, 1.807) is 0 Å². The van der Waals surface area contributed by atoms with E-state index >= 15 is 0 Å². The van der Waals surface area contributed by atoms with Crippen molar-refractivity contribution in [1.29, 1.82) is 0 Å². The summed E-state index contributed by atoms with van der Waals surface area (Å²) in [4.78, 5) is 23.8. The average Bonchev–Trinajstić information content (AvgIpc) is 3.03. The van der Waals surface area contributed by atoms with Crippen molar-refractivity contribution >= 4 is 11.9 Å². The summed E-state index contributed by atoms with van der Waals surface area (Å²) in [6.07, 6.45) is 2.08. The zero-order valence-electron chi connectivity index (χ0n) is 11.2. The highest BCUT2D eigenvalue weighted by atomic mass is 19.1. The second-order valence-corrected chi connectivity index (χ2v) is 3.67. The minimum Gasteiger partial charge on any atom is -0.464 e. The lowest BCUT2D eigenvalue weighted by atomic mass is 10.4. The number of carbonyl (C=O) groups excluding carboxylic acids is 2. The number of ether oxygens (including phenoxy) is 2. The molecule has 0 fully saturated rings. The van der Waals surface area contributed by atoms with Crippen LogP contribution in [0.3, 0.4) is 0 Å². The summed E-state index contributed by atoms with van der Waals surface area (Å²) in [5.41, 5.74) is 0.116. The van der Waals surface area contributed by atoms with Crippen LogP contribution in [0.1, 0.15) is 21.0 Å². The SMILES string of the molecule is COC(=O)c1cc(F)c[nH]1.COC(=O)c1cc(F)cn1N. The molecule has 2 aromatic rings. The third-order valence-electron chi connectivity index (χ3n) is 2.26. The van der Waals surface area contributed by atoms with Gasteiger partial charge in [-0.15, -0.1) is 0 Å². The zero-order chi connectivity index (χ0) is 16.0. The van der Waals surface area contributed by atoms with Gasteiger partial charge in [0.1, 0.15) is 23.0 Å². The number of methoxy groups -OCH3 is 2. The monoisotopic (exact) mass is 301 g/mol. The quantitative estimate of drug-likeness (QED) is 0.638. The number of nitrogens with two attached hydrogens (primary N) is 1. The van der Waals surface area contributed by atoms with Crippen molar-refractivity contribution in [3.05, 3.63) is 47.5 Å². The maximum atomic E-state index is 12.4. The molecule has 0 aliphatic heterocycles. The molecule has 0 radical (unpaired) electrons. The highest BCUT2D eigenvalue weighted by molar-refractivity contribution is 5.87. The number of esters is 2. The van der Waals surface area contributed by atoms with Crippen molar-refractivity contribution < 1.29 is 27.8 Å². The molecule has 114 valence electrons. The minimum atomic E-state index is -0.656. The van der Waals surface area contributed by atoms with Crippen molar-refractivity contribution in [3.8, 4) is 0 Å². The van der Waals surface area contributed by atoms with Crippen molar-refractivity contribution in [2.24, 2.45) is 0 Å². The number of nitrogen functional groups attached to an aromatic ring is 1. The molecule has 2 heterocycles. The van der Waals surface area contributed by atoms with Crippen LogP contribution < -0.4 is 5.84 Å². The van der Waals surface area contributed by atoms with E-state index in [1.807, 2.05) is 0 Å². The van der Waals surface area contributed by atoms with Crippen LogP contribution in [-0.2, 0) is 9.47 Å². The summed E-state index contributed by atoms with van der Waals surface area (Å²) < 4.78 is 34.1. The molecular formula is C12H13F2N3O4. The summed E-state index contributed by atoms with van der Waals surface area (Å²) in [7, 11) is 2.44. The first-order valence-corrected chi connectivity index (χ1v) is 5.52. The first kappa shape index (κ1) is 16.2. The first-order valence-electron chi connectivity index (χ1n) is 5.52. The molecule has 21 heavy (non-hydrogen) atoms. The van der Waals surface area contributed by atoms with Crippen molar-refractivity contribution in [2.75, 3.05) is 20.1 Å². The summed E-state index contributed by atoms with van der Waals surface area (Å²) in [6, 6.07) is 2.08. The number of carbonyl (C=O) groups is 2. The molecule has 0 bridgehead atoms. The summed E-state index contributed by atoms with van der Waals surface area (Å²) in [6.45, 7) is 0. The molecule has 0 atom stereocenters. The van der Waals surface area contributed by atoms with E-state index in [4.69, 9.17) is 5.84 Å². The normalized spacial score (nSPS) is 9.52. The average molecular weight is 301 g/mol. The number of aromatic nitrogens is 2. The number of hydrogen-bond donors (Lipinski definition) is 2. The van der Waals surface area contributed by atoms with Crippen LogP contribution >= 0.6 is 0 Å². The fourth-order valence-electron chi connectivity index (χ4n) is 1.31. The van der Waals surface area contributed by atoms with E-state index in [0.717, 1.165) is 29.2 Å². The van der Waals surface area contributed by atoms with E-state index in [9.17, 15) is 18.4 Å². The maximum absolute atomic E-state index is 12.4. The second kappa shape index (κ2) is 7.08. The lowest BCUT2D eigenvalue weighted by Crippen LogP contribution is -2.15. The number of aromatic amines is 1. The fraction of sp³-hybridized carbons (Fsp3) is 0.167. The highest BCUT2D eigenvalue weighted by Crippen LogP contribution is 2.04. The van der Waals surface area contributed by atoms with Crippen LogP contribution in [0, 0.1) is 11.6 Å².